The van der Waals surface area contributed by atoms with Gasteiger partial charge in [-0.25, -0.2) is 0 Å². The van der Waals surface area contributed by atoms with Gasteiger partial charge in [-0.05, 0) is 11.1 Å². The van der Waals surface area contributed by atoms with E-state index in [0.29, 0.717) is 12.2 Å². The van der Waals surface area contributed by atoms with Crippen molar-refractivity contribution in [3.8, 4) is 0 Å². The molecule has 116 valence electrons. The number of benzene rings is 2. The van der Waals surface area contributed by atoms with Gasteiger partial charge in [0.05, 0.1) is 6.54 Å². The van der Waals surface area contributed by atoms with Gasteiger partial charge in [-0.15, -0.1) is 10.2 Å². The Morgan fingerprint density at radius 3 is 2.13 bits per heavy atom. The molecule has 0 bridgehead atoms. The summed E-state index contributed by atoms with van der Waals surface area (Å²) in [5.74, 6) is 0.435. The van der Waals surface area contributed by atoms with Crippen molar-refractivity contribution in [3.05, 3.63) is 77.6 Å². The third kappa shape index (κ3) is 4.00. The fraction of sp³-hybridized carbons (Fsp3) is 0.176. The number of aromatic nitrogens is 4. The summed E-state index contributed by atoms with van der Waals surface area (Å²) in [6.45, 7) is 0.269. The van der Waals surface area contributed by atoms with Gasteiger partial charge in [0, 0.05) is 12.3 Å². The summed E-state index contributed by atoms with van der Waals surface area (Å²) >= 11 is 0. The highest BCUT2D eigenvalue weighted by Gasteiger charge is 2.18. The van der Waals surface area contributed by atoms with E-state index < -0.39 is 0 Å². The third-order valence-corrected chi connectivity index (χ3v) is 3.63. The van der Waals surface area contributed by atoms with E-state index in [0.717, 1.165) is 11.1 Å². The Balaban J connectivity index is 1.72. The fourth-order valence-corrected chi connectivity index (χ4v) is 2.49. The highest BCUT2D eigenvalue weighted by Crippen LogP contribution is 2.27. The largest absolute Gasteiger partial charge is 0.349 e. The summed E-state index contributed by atoms with van der Waals surface area (Å²) in [4.78, 5) is 12.3. The summed E-state index contributed by atoms with van der Waals surface area (Å²) < 4.78 is 0. The van der Waals surface area contributed by atoms with Gasteiger partial charge in [0.2, 0.25) is 5.91 Å². The molecule has 1 heterocycles. The zero-order valence-electron chi connectivity index (χ0n) is 12.5. The van der Waals surface area contributed by atoms with Crippen LogP contribution in [0.1, 0.15) is 29.3 Å². The van der Waals surface area contributed by atoms with Gasteiger partial charge in [-0.3, -0.25) is 4.79 Å². The van der Waals surface area contributed by atoms with Gasteiger partial charge in [0.15, 0.2) is 5.82 Å². The number of carbonyl (C=O) groups is 1. The first-order valence-electron chi connectivity index (χ1n) is 7.42. The molecule has 2 aromatic carbocycles. The van der Waals surface area contributed by atoms with Crippen LogP contribution >= 0.6 is 0 Å². The molecule has 0 aliphatic heterocycles. The second-order valence-electron chi connectivity index (χ2n) is 5.18. The van der Waals surface area contributed by atoms with Crippen molar-refractivity contribution < 1.29 is 4.79 Å². The van der Waals surface area contributed by atoms with Crippen LogP contribution < -0.4 is 5.32 Å². The molecular weight excluding hydrogens is 290 g/mol. The van der Waals surface area contributed by atoms with Gasteiger partial charge in [0.25, 0.3) is 0 Å². The maximum Gasteiger partial charge on any atom is 0.221 e. The molecule has 0 saturated carbocycles. The van der Waals surface area contributed by atoms with Crippen LogP contribution in [-0.4, -0.2) is 26.5 Å². The number of amides is 1. The molecule has 23 heavy (non-hydrogen) atoms. The molecule has 2 N–H and O–H groups in total. The molecule has 0 saturated heterocycles. The lowest BCUT2D eigenvalue weighted by molar-refractivity contribution is -0.121. The van der Waals surface area contributed by atoms with Gasteiger partial charge < -0.3 is 5.32 Å². The Kier molecular flexibility index (Phi) is 4.73. The summed E-state index contributed by atoms with van der Waals surface area (Å²) in [6.07, 6.45) is 0.367. The molecule has 0 radical (unpaired) electrons. The molecule has 1 amide bonds. The number of aromatic amines is 1. The standard InChI is InChI=1S/C17H17N5O/c23-17(18-12-16-19-21-22-20-16)11-15(13-7-3-1-4-8-13)14-9-5-2-6-10-14/h1-10,15H,11-12H2,(H,18,23)(H,19,20,21,22). The van der Waals surface area contributed by atoms with Gasteiger partial charge >= 0.3 is 0 Å². The van der Waals surface area contributed by atoms with Crippen LogP contribution in [0.3, 0.4) is 0 Å². The topological polar surface area (TPSA) is 83.6 Å². The minimum atomic E-state index is -0.0486. The van der Waals surface area contributed by atoms with Crippen LogP contribution in [0.15, 0.2) is 60.7 Å². The van der Waals surface area contributed by atoms with Crippen molar-refractivity contribution in [2.45, 2.75) is 18.9 Å². The number of hydrogen-bond donors (Lipinski definition) is 2. The van der Waals surface area contributed by atoms with Crippen LogP contribution in [0.5, 0.6) is 0 Å². The molecule has 0 unspecified atom stereocenters. The number of nitrogens with one attached hydrogen (secondary N) is 2. The number of H-pyrrole nitrogens is 1. The molecule has 0 fully saturated rings. The Labute approximate surface area is 133 Å². The number of tetrazole rings is 1. The molecule has 6 nitrogen and oxygen atoms in total. The Hall–Kier alpha value is -3.02. The van der Waals surface area contributed by atoms with E-state index in [1.54, 1.807) is 0 Å². The molecule has 0 aliphatic carbocycles. The van der Waals surface area contributed by atoms with Crippen LogP contribution in [0.4, 0.5) is 0 Å². The first kappa shape index (κ1) is 14.9. The predicted octanol–water partition coefficient (Wildman–Crippen LogP) is 2.04. The van der Waals surface area contributed by atoms with Crippen molar-refractivity contribution in [1.29, 1.82) is 0 Å². The molecule has 1 aromatic heterocycles. The van der Waals surface area contributed by atoms with E-state index in [-0.39, 0.29) is 18.4 Å². The van der Waals surface area contributed by atoms with Crippen molar-refractivity contribution in [2.24, 2.45) is 0 Å². The normalized spacial score (nSPS) is 10.7. The molecule has 0 aliphatic rings. The summed E-state index contributed by atoms with van der Waals surface area (Å²) in [5.41, 5.74) is 2.24. The number of nitrogens with zero attached hydrogens (tertiary/aromatic N) is 3. The van der Waals surface area contributed by atoms with E-state index >= 15 is 0 Å². The lowest BCUT2D eigenvalue weighted by atomic mass is 9.88. The van der Waals surface area contributed by atoms with Crippen LogP contribution in [0.2, 0.25) is 0 Å². The van der Waals surface area contributed by atoms with E-state index in [1.165, 1.54) is 0 Å². The highest BCUT2D eigenvalue weighted by molar-refractivity contribution is 5.77. The quantitative estimate of drug-likeness (QED) is 0.730. The lowest BCUT2D eigenvalue weighted by Gasteiger charge is -2.17. The zero-order valence-corrected chi connectivity index (χ0v) is 12.5. The number of carbonyl (C=O) groups excluding carboxylic acids is 1. The minimum Gasteiger partial charge on any atom is -0.349 e. The van der Waals surface area contributed by atoms with Crippen LogP contribution in [-0.2, 0) is 11.3 Å². The monoisotopic (exact) mass is 307 g/mol. The van der Waals surface area contributed by atoms with E-state index in [4.69, 9.17) is 0 Å². The maximum atomic E-state index is 12.3. The molecule has 0 spiro atoms. The average Bonchev–Trinajstić information content (AvgIpc) is 3.13. The Morgan fingerprint density at radius 2 is 1.61 bits per heavy atom. The van der Waals surface area contributed by atoms with Gasteiger partial charge in [-0.1, -0.05) is 65.9 Å². The van der Waals surface area contributed by atoms with Crippen molar-refractivity contribution >= 4 is 5.91 Å². The average molecular weight is 307 g/mol. The summed E-state index contributed by atoms with van der Waals surface area (Å²) in [5, 5.41) is 16.3. The minimum absolute atomic E-state index is 0.0164. The Morgan fingerprint density at radius 1 is 1.00 bits per heavy atom. The second-order valence-corrected chi connectivity index (χ2v) is 5.18. The molecule has 0 atom stereocenters. The van der Waals surface area contributed by atoms with Crippen LogP contribution in [0.25, 0.3) is 0 Å². The lowest BCUT2D eigenvalue weighted by Crippen LogP contribution is -2.25. The van der Waals surface area contributed by atoms with E-state index in [2.05, 4.69) is 25.9 Å². The maximum absolute atomic E-state index is 12.3. The highest BCUT2D eigenvalue weighted by atomic mass is 16.1. The Bertz CT molecular complexity index is 689. The predicted molar refractivity (Wildman–Crippen MR) is 85.4 cm³/mol. The van der Waals surface area contributed by atoms with Crippen molar-refractivity contribution in [3.63, 3.8) is 0 Å². The van der Waals surface area contributed by atoms with Crippen LogP contribution in [0, 0.1) is 0 Å². The molecular formula is C17H17N5O. The fourth-order valence-electron chi connectivity index (χ4n) is 2.49. The number of rotatable bonds is 6. The molecule has 6 heteroatoms. The summed E-state index contributed by atoms with van der Waals surface area (Å²) in [7, 11) is 0. The second kappa shape index (κ2) is 7.31. The zero-order chi connectivity index (χ0) is 15.9. The van der Waals surface area contributed by atoms with Gasteiger partial charge in [0.1, 0.15) is 0 Å². The third-order valence-electron chi connectivity index (χ3n) is 3.63. The summed E-state index contributed by atoms with van der Waals surface area (Å²) in [6, 6.07) is 20.1. The van der Waals surface area contributed by atoms with E-state index in [9.17, 15) is 4.79 Å². The van der Waals surface area contributed by atoms with E-state index in [1.807, 2.05) is 60.7 Å². The molecule has 3 rings (SSSR count). The first-order chi connectivity index (χ1) is 11.3. The van der Waals surface area contributed by atoms with Crippen molar-refractivity contribution in [2.75, 3.05) is 0 Å². The SMILES string of the molecule is O=C(CC(c1ccccc1)c1ccccc1)NCc1nn[nH]n1. The first-order valence-corrected chi connectivity index (χ1v) is 7.42. The smallest absolute Gasteiger partial charge is 0.221 e. The van der Waals surface area contributed by atoms with Crippen molar-refractivity contribution in [1.82, 2.24) is 25.9 Å². The molecule has 3 aromatic rings. The number of hydrogen-bond acceptors (Lipinski definition) is 4. The van der Waals surface area contributed by atoms with Gasteiger partial charge in [-0.2, -0.15) is 5.21 Å².